The number of hydrogen-bond acceptors (Lipinski definition) is 3. The highest BCUT2D eigenvalue weighted by Crippen LogP contribution is 2.14. The van der Waals surface area contributed by atoms with Crippen molar-refractivity contribution >= 4 is 11.9 Å². The third-order valence-corrected chi connectivity index (χ3v) is 2.61. The van der Waals surface area contributed by atoms with E-state index in [2.05, 4.69) is 0 Å². The Labute approximate surface area is 100 Å². The summed E-state index contributed by atoms with van der Waals surface area (Å²) < 4.78 is 5.19. The molecule has 0 amide bonds. The molecule has 0 fully saturated rings. The molecular weight excluding hydrogens is 220 g/mol. The van der Waals surface area contributed by atoms with Crippen molar-refractivity contribution in [1.29, 1.82) is 0 Å². The molecule has 17 heavy (non-hydrogen) atoms. The Morgan fingerprint density at radius 3 is 2.12 bits per heavy atom. The van der Waals surface area contributed by atoms with Gasteiger partial charge in [-0.15, -0.1) is 0 Å². The highest BCUT2D eigenvalue weighted by Gasteiger charge is 2.20. The molecule has 0 radical (unpaired) electrons. The van der Waals surface area contributed by atoms with Crippen LogP contribution in [-0.2, 0) is 4.74 Å². The zero-order valence-corrected chi connectivity index (χ0v) is 10.1. The van der Waals surface area contributed by atoms with Crippen LogP contribution in [0.15, 0.2) is 24.3 Å². The molecule has 1 aromatic carbocycles. The summed E-state index contributed by atoms with van der Waals surface area (Å²) in [6.45, 7) is 5.65. The first kappa shape index (κ1) is 13.2. The summed E-state index contributed by atoms with van der Waals surface area (Å²) >= 11 is 0. The van der Waals surface area contributed by atoms with Crippen molar-refractivity contribution < 1.29 is 19.4 Å². The normalized spacial score (nSPS) is 12.2. The zero-order chi connectivity index (χ0) is 13.0. The predicted molar refractivity (Wildman–Crippen MR) is 63.1 cm³/mol. The van der Waals surface area contributed by atoms with E-state index in [4.69, 9.17) is 9.84 Å². The van der Waals surface area contributed by atoms with Crippen LogP contribution >= 0.6 is 0 Å². The molecule has 1 rings (SSSR count). The number of esters is 1. The number of hydrogen-bond donors (Lipinski definition) is 1. The van der Waals surface area contributed by atoms with E-state index in [1.807, 2.05) is 13.8 Å². The third-order valence-electron chi connectivity index (χ3n) is 2.61. The van der Waals surface area contributed by atoms with Gasteiger partial charge in [-0.1, -0.05) is 26.0 Å². The average molecular weight is 236 g/mol. The summed E-state index contributed by atoms with van der Waals surface area (Å²) in [5.41, 5.74) is 0.0564. The second kappa shape index (κ2) is 5.48. The van der Waals surface area contributed by atoms with Crippen molar-refractivity contribution in [3.8, 4) is 0 Å². The van der Waals surface area contributed by atoms with Gasteiger partial charge in [-0.05, 0) is 25.0 Å². The maximum atomic E-state index is 11.8. The van der Waals surface area contributed by atoms with Crippen LogP contribution in [0.25, 0.3) is 0 Å². The fourth-order valence-electron chi connectivity index (χ4n) is 1.22. The lowest BCUT2D eigenvalue weighted by Crippen LogP contribution is -2.21. The Morgan fingerprint density at radius 1 is 1.12 bits per heavy atom. The van der Waals surface area contributed by atoms with Crippen LogP contribution < -0.4 is 0 Å². The minimum atomic E-state index is -1.13. The van der Waals surface area contributed by atoms with Crippen LogP contribution in [0.4, 0.5) is 0 Å². The SMILES string of the molecule is CC(C)[C@H](C)OC(=O)c1ccccc1C(=O)O. The zero-order valence-electron chi connectivity index (χ0n) is 10.1. The fraction of sp³-hybridized carbons (Fsp3) is 0.385. The summed E-state index contributed by atoms with van der Waals surface area (Å²) in [6, 6.07) is 6.03. The van der Waals surface area contributed by atoms with Gasteiger partial charge >= 0.3 is 11.9 Å². The number of carbonyl (C=O) groups is 2. The highest BCUT2D eigenvalue weighted by atomic mass is 16.5. The van der Waals surface area contributed by atoms with Gasteiger partial charge in [0.05, 0.1) is 11.1 Å². The number of aromatic carboxylic acids is 1. The summed E-state index contributed by atoms with van der Waals surface area (Å²) in [5.74, 6) is -1.53. The van der Waals surface area contributed by atoms with E-state index in [-0.39, 0.29) is 23.1 Å². The van der Waals surface area contributed by atoms with Gasteiger partial charge in [0, 0.05) is 0 Å². The lowest BCUT2D eigenvalue weighted by Gasteiger charge is -2.17. The van der Waals surface area contributed by atoms with Crippen molar-refractivity contribution in [2.24, 2.45) is 5.92 Å². The molecule has 0 bridgehead atoms. The Morgan fingerprint density at radius 2 is 1.65 bits per heavy atom. The molecule has 0 saturated heterocycles. The molecule has 4 nitrogen and oxygen atoms in total. The quantitative estimate of drug-likeness (QED) is 0.816. The monoisotopic (exact) mass is 236 g/mol. The summed E-state index contributed by atoms with van der Waals surface area (Å²) in [4.78, 5) is 22.7. The first-order valence-electron chi connectivity index (χ1n) is 5.46. The van der Waals surface area contributed by atoms with Crippen LogP contribution in [0.2, 0.25) is 0 Å². The van der Waals surface area contributed by atoms with Crippen molar-refractivity contribution in [3.05, 3.63) is 35.4 Å². The van der Waals surface area contributed by atoms with E-state index in [1.165, 1.54) is 12.1 Å². The number of benzene rings is 1. The Bertz CT molecular complexity index is 423. The lowest BCUT2D eigenvalue weighted by atomic mass is 10.1. The van der Waals surface area contributed by atoms with Gasteiger partial charge in [-0.25, -0.2) is 9.59 Å². The standard InChI is InChI=1S/C13H16O4/c1-8(2)9(3)17-13(16)11-7-5-4-6-10(11)12(14)15/h4-9H,1-3H3,(H,14,15)/t9-/m0/s1. The van der Waals surface area contributed by atoms with Gasteiger partial charge in [-0.3, -0.25) is 0 Å². The number of ether oxygens (including phenoxy) is 1. The van der Waals surface area contributed by atoms with Gasteiger partial charge in [0.1, 0.15) is 6.10 Å². The Kier molecular flexibility index (Phi) is 4.26. The van der Waals surface area contributed by atoms with Crippen LogP contribution in [0.1, 0.15) is 41.5 Å². The minimum Gasteiger partial charge on any atom is -0.478 e. The summed E-state index contributed by atoms with van der Waals surface area (Å²) in [5, 5.41) is 8.95. The van der Waals surface area contributed by atoms with Crippen LogP contribution in [-0.4, -0.2) is 23.1 Å². The molecule has 1 N–H and O–H groups in total. The van der Waals surface area contributed by atoms with E-state index in [9.17, 15) is 9.59 Å². The van der Waals surface area contributed by atoms with E-state index < -0.39 is 11.9 Å². The van der Waals surface area contributed by atoms with Crippen molar-refractivity contribution in [2.75, 3.05) is 0 Å². The number of rotatable bonds is 4. The molecule has 0 saturated carbocycles. The van der Waals surface area contributed by atoms with Crippen LogP contribution in [0.3, 0.4) is 0 Å². The molecule has 0 unspecified atom stereocenters. The van der Waals surface area contributed by atoms with Crippen molar-refractivity contribution in [1.82, 2.24) is 0 Å². The predicted octanol–water partition coefficient (Wildman–Crippen LogP) is 2.59. The summed E-state index contributed by atoms with van der Waals surface area (Å²) in [7, 11) is 0. The number of carboxylic acid groups (broad SMARTS) is 1. The molecule has 0 spiro atoms. The topological polar surface area (TPSA) is 63.6 Å². The van der Waals surface area contributed by atoms with Gasteiger partial charge in [-0.2, -0.15) is 0 Å². The van der Waals surface area contributed by atoms with E-state index in [0.29, 0.717) is 0 Å². The lowest BCUT2D eigenvalue weighted by molar-refractivity contribution is 0.0233. The molecular formula is C13H16O4. The first-order valence-corrected chi connectivity index (χ1v) is 5.46. The van der Waals surface area contributed by atoms with E-state index in [0.717, 1.165) is 0 Å². The number of carboxylic acids is 1. The highest BCUT2D eigenvalue weighted by molar-refractivity contribution is 6.02. The third kappa shape index (κ3) is 3.31. The van der Waals surface area contributed by atoms with Gasteiger partial charge in [0.15, 0.2) is 0 Å². The molecule has 0 aliphatic heterocycles. The van der Waals surface area contributed by atoms with E-state index >= 15 is 0 Å². The van der Waals surface area contributed by atoms with Crippen molar-refractivity contribution in [2.45, 2.75) is 26.9 Å². The second-order valence-electron chi connectivity index (χ2n) is 4.21. The number of carbonyl (C=O) groups excluding carboxylic acids is 1. The largest absolute Gasteiger partial charge is 0.478 e. The average Bonchev–Trinajstić information content (AvgIpc) is 2.28. The molecule has 4 heteroatoms. The molecule has 0 aliphatic rings. The van der Waals surface area contributed by atoms with E-state index in [1.54, 1.807) is 19.1 Å². The molecule has 92 valence electrons. The molecule has 0 aliphatic carbocycles. The fourth-order valence-corrected chi connectivity index (χ4v) is 1.22. The maximum Gasteiger partial charge on any atom is 0.339 e. The van der Waals surface area contributed by atoms with Crippen LogP contribution in [0.5, 0.6) is 0 Å². The molecule has 1 aromatic rings. The Hall–Kier alpha value is -1.84. The smallest absolute Gasteiger partial charge is 0.339 e. The Balaban J connectivity index is 2.93. The van der Waals surface area contributed by atoms with Crippen molar-refractivity contribution in [3.63, 3.8) is 0 Å². The molecule has 0 aromatic heterocycles. The van der Waals surface area contributed by atoms with Gasteiger partial charge in [0.25, 0.3) is 0 Å². The first-order chi connectivity index (χ1) is 7.93. The molecule has 1 atom stereocenters. The molecule has 0 heterocycles. The van der Waals surface area contributed by atoms with Crippen LogP contribution in [0, 0.1) is 5.92 Å². The second-order valence-corrected chi connectivity index (χ2v) is 4.21. The summed E-state index contributed by atoms with van der Waals surface area (Å²) in [6.07, 6.45) is -0.246. The van der Waals surface area contributed by atoms with Gasteiger partial charge < -0.3 is 9.84 Å². The minimum absolute atomic E-state index is 0.0338. The van der Waals surface area contributed by atoms with Gasteiger partial charge in [0.2, 0.25) is 0 Å². The maximum absolute atomic E-state index is 11.8.